The molecule has 2 nitrogen and oxygen atoms in total. The topological polar surface area (TPSA) is 21.3 Å². The lowest BCUT2D eigenvalue weighted by Crippen LogP contribution is -2.27. The highest BCUT2D eigenvalue weighted by Gasteiger charge is 2.25. The summed E-state index contributed by atoms with van der Waals surface area (Å²) in [4.78, 5) is 0. The largest absolute Gasteiger partial charge is 0.491 e. The predicted octanol–water partition coefficient (Wildman–Crippen LogP) is 5.09. The molecule has 0 bridgehead atoms. The molecule has 0 aromatic heterocycles. The molecule has 118 valence electrons. The molecule has 0 spiro atoms. The van der Waals surface area contributed by atoms with Crippen LogP contribution in [-0.4, -0.2) is 13.2 Å². The van der Waals surface area contributed by atoms with Gasteiger partial charge in [0.05, 0.1) is 6.10 Å². The number of hydrogen-bond acceptors (Lipinski definition) is 2. The van der Waals surface area contributed by atoms with E-state index in [0.29, 0.717) is 6.04 Å². The molecule has 1 fully saturated rings. The van der Waals surface area contributed by atoms with Crippen LogP contribution in [0.1, 0.15) is 70.4 Å². The third-order valence-corrected chi connectivity index (χ3v) is 4.55. The van der Waals surface area contributed by atoms with Gasteiger partial charge in [-0.1, -0.05) is 50.3 Å². The smallest absolute Gasteiger partial charge is 0.124 e. The van der Waals surface area contributed by atoms with E-state index in [0.717, 1.165) is 11.7 Å². The maximum Gasteiger partial charge on any atom is 0.124 e. The monoisotopic (exact) mass is 289 g/mol. The van der Waals surface area contributed by atoms with Crippen LogP contribution in [-0.2, 0) is 0 Å². The molecule has 1 aromatic carbocycles. The average molecular weight is 289 g/mol. The summed E-state index contributed by atoms with van der Waals surface area (Å²) in [6, 6.07) is 8.97. The Hall–Kier alpha value is -1.02. The van der Waals surface area contributed by atoms with Gasteiger partial charge in [0.2, 0.25) is 0 Å². The average Bonchev–Trinajstić information content (AvgIpc) is 2.42. The van der Waals surface area contributed by atoms with Crippen LogP contribution in [0.5, 0.6) is 5.75 Å². The Balaban J connectivity index is 2.19. The molecule has 1 unspecified atom stereocenters. The van der Waals surface area contributed by atoms with Crippen molar-refractivity contribution < 1.29 is 4.74 Å². The van der Waals surface area contributed by atoms with Gasteiger partial charge in [0, 0.05) is 11.6 Å². The highest BCUT2D eigenvalue weighted by molar-refractivity contribution is 5.36. The van der Waals surface area contributed by atoms with Gasteiger partial charge >= 0.3 is 0 Å². The van der Waals surface area contributed by atoms with Crippen LogP contribution in [0.2, 0.25) is 0 Å². The molecule has 1 saturated carbocycles. The van der Waals surface area contributed by atoms with E-state index in [1.54, 1.807) is 0 Å². The standard InChI is InChI=1S/C19H31NO/c1-15(2)21-18-14-10-9-13-17(18)19(20-3)16-11-7-5-4-6-8-12-16/h9-10,13-16,19-20H,4-8,11-12H2,1-3H3. The fourth-order valence-electron chi connectivity index (χ4n) is 3.56. The molecule has 0 radical (unpaired) electrons. The fourth-order valence-corrected chi connectivity index (χ4v) is 3.56. The maximum absolute atomic E-state index is 6.03. The Labute approximate surface area is 130 Å². The molecule has 1 atom stereocenters. The van der Waals surface area contributed by atoms with E-state index < -0.39 is 0 Å². The first-order chi connectivity index (χ1) is 10.2. The highest BCUT2D eigenvalue weighted by Crippen LogP contribution is 2.36. The van der Waals surface area contributed by atoms with E-state index >= 15 is 0 Å². The Morgan fingerprint density at radius 2 is 1.62 bits per heavy atom. The lowest BCUT2D eigenvalue weighted by molar-refractivity contribution is 0.230. The Bertz CT molecular complexity index is 408. The van der Waals surface area contributed by atoms with Gasteiger partial charge in [-0.3, -0.25) is 0 Å². The minimum Gasteiger partial charge on any atom is -0.491 e. The molecule has 21 heavy (non-hydrogen) atoms. The maximum atomic E-state index is 6.03. The number of nitrogens with one attached hydrogen (secondary N) is 1. The van der Waals surface area contributed by atoms with Crippen molar-refractivity contribution in [2.75, 3.05) is 7.05 Å². The summed E-state index contributed by atoms with van der Waals surface area (Å²) in [5.41, 5.74) is 1.33. The van der Waals surface area contributed by atoms with E-state index in [1.807, 2.05) is 0 Å². The number of para-hydroxylation sites is 1. The second-order valence-corrected chi connectivity index (χ2v) is 6.58. The van der Waals surface area contributed by atoms with Crippen LogP contribution in [0.4, 0.5) is 0 Å². The van der Waals surface area contributed by atoms with Crippen molar-refractivity contribution in [2.45, 2.75) is 70.9 Å². The molecular weight excluding hydrogens is 258 g/mol. The molecule has 0 amide bonds. The normalized spacial score (nSPS) is 19.0. The quantitative estimate of drug-likeness (QED) is 0.814. The van der Waals surface area contributed by atoms with Crippen molar-refractivity contribution >= 4 is 0 Å². The number of hydrogen-bond donors (Lipinski definition) is 1. The van der Waals surface area contributed by atoms with Crippen LogP contribution in [0, 0.1) is 5.92 Å². The minimum atomic E-state index is 0.223. The molecular formula is C19H31NO. The Kier molecular flexibility index (Phi) is 6.56. The van der Waals surface area contributed by atoms with E-state index in [2.05, 4.69) is 50.5 Å². The number of benzene rings is 1. The number of ether oxygens (including phenoxy) is 1. The summed E-state index contributed by atoms with van der Waals surface area (Å²) in [6.07, 6.45) is 9.86. The van der Waals surface area contributed by atoms with Gasteiger partial charge in [0.1, 0.15) is 5.75 Å². The van der Waals surface area contributed by atoms with E-state index in [1.165, 1.54) is 50.5 Å². The molecule has 2 rings (SSSR count). The second-order valence-electron chi connectivity index (χ2n) is 6.58. The van der Waals surface area contributed by atoms with Crippen LogP contribution < -0.4 is 10.1 Å². The Morgan fingerprint density at radius 3 is 2.24 bits per heavy atom. The minimum absolute atomic E-state index is 0.223. The molecule has 1 aliphatic rings. The van der Waals surface area contributed by atoms with Gasteiger partial charge in [-0.2, -0.15) is 0 Å². The van der Waals surface area contributed by atoms with Crippen LogP contribution in [0.3, 0.4) is 0 Å². The van der Waals surface area contributed by atoms with Crippen molar-refractivity contribution in [3.63, 3.8) is 0 Å². The van der Waals surface area contributed by atoms with Gasteiger partial charge in [0.25, 0.3) is 0 Å². The molecule has 1 N–H and O–H groups in total. The van der Waals surface area contributed by atoms with E-state index in [-0.39, 0.29) is 6.10 Å². The summed E-state index contributed by atoms with van der Waals surface area (Å²) in [7, 11) is 2.09. The van der Waals surface area contributed by atoms with Crippen LogP contribution >= 0.6 is 0 Å². The molecule has 1 aliphatic carbocycles. The third-order valence-electron chi connectivity index (χ3n) is 4.55. The first kappa shape index (κ1) is 16.4. The summed E-state index contributed by atoms with van der Waals surface area (Å²) < 4.78 is 6.03. The van der Waals surface area contributed by atoms with Gasteiger partial charge in [-0.25, -0.2) is 0 Å². The van der Waals surface area contributed by atoms with Crippen LogP contribution in [0.15, 0.2) is 24.3 Å². The zero-order chi connectivity index (χ0) is 15.1. The molecule has 0 heterocycles. The zero-order valence-corrected chi connectivity index (χ0v) is 13.9. The third kappa shape index (κ3) is 4.74. The van der Waals surface area contributed by atoms with Crippen molar-refractivity contribution in [2.24, 2.45) is 5.92 Å². The summed E-state index contributed by atoms with van der Waals surface area (Å²) in [6.45, 7) is 4.20. The van der Waals surface area contributed by atoms with Crippen molar-refractivity contribution in [1.82, 2.24) is 5.32 Å². The highest BCUT2D eigenvalue weighted by atomic mass is 16.5. The van der Waals surface area contributed by atoms with Crippen molar-refractivity contribution in [1.29, 1.82) is 0 Å². The molecule has 1 aromatic rings. The fraction of sp³-hybridized carbons (Fsp3) is 0.684. The van der Waals surface area contributed by atoms with Gasteiger partial charge in [-0.15, -0.1) is 0 Å². The van der Waals surface area contributed by atoms with E-state index in [9.17, 15) is 0 Å². The SMILES string of the molecule is CNC(c1ccccc1OC(C)C)C1CCCCCCC1. The van der Waals surface area contributed by atoms with Gasteiger partial charge < -0.3 is 10.1 Å². The summed E-state index contributed by atoms with van der Waals surface area (Å²) in [5, 5.41) is 3.57. The lowest BCUT2D eigenvalue weighted by atomic mass is 9.82. The molecule has 0 aliphatic heterocycles. The van der Waals surface area contributed by atoms with Crippen LogP contribution in [0.25, 0.3) is 0 Å². The molecule has 0 saturated heterocycles. The first-order valence-corrected chi connectivity index (χ1v) is 8.65. The lowest BCUT2D eigenvalue weighted by Gasteiger charge is -2.30. The summed E-state index contributed by atoms with van der Waals surface area (Å²) >= 11 is 0. The Morgan fingerprint density at radius 1 is 1.00 bits per heavy atom. The first-order valence-electron chi connectivity index (χ1n) is 8.65. The number of rotatable bonds is 5. The van der Waals surface area contributed by atoms with Gasteiger partial charge in [-0.05, 0) is 45.7 Å². The van der Waals surface area contributed by atoms with Gasteiger partial charge in [0.15, 0.2) is 0 Å². The van der Waals surface area contributed by atoms with Crippen molar-refractivity contribution in [3.05, 3.63) is 29.8 Å². The molecule has 2 heteroatoms. The summed E-state index contributed by atoms with van der Waals surface area (Å²) in [5.74, 6) is 1.78. The zero-order valence-electron chi connectivity index (χ0n) is 13.9. The second kappa shape index (κ2) is 8.43. The van der Waals surface area contributed by atoms with Crippen molar-refractivity contribution in [3.8, 4) is 5.75 Å². The predicted molar refractivity (Wildman–Crippen MR) is 89.8 cm³/mol. The van der Waals surface area contributed by atoms with E-state index in [4.69, 9.17) is 4.74 Å².